The Morgan fingerprint density at radius 1 is 1.16 bits per heavy atom. The smallest absolute Gasteiger partial charge is 0.259 e. The second-order valence-electron chi connectivity index (χ2n) is 5.49. The summed E-state index contributed by atoms with van der Waals surface area (Å²) >= 11 is 0. The van der Waals surface area contributed by atoms with Gasteiger partial charge in [-0.25, -0.2) is 0 Å². The van der Waals surface area contributed by atoms with Crippen molar-refractivity contribution in [3.63, 3.8) is 0 Å². The molecule has 3 rings (SSSR count). The number of pyridine rings is 1. The van der Waals surface area contributed by atoms with Crippen LogP contribution in [0.3, 0.4) is 0 Å². The third kappa shape index (κ3) is 2.93. The van der Waals surface area contributed by atoms with Gasteiger partial charge < -0.3 is 23.9 Å². The predicted molar refractivity (Wildman–Crippen MR) is 91.5 cm³/mol. The SMILES string of the molecule is COc1cc2c(C(=O)Nc3cc(C)on3)cn(C)c(=O)c2cc1OC. The Morgan fingerprint density at radius 2 is 1.80 bits per heavy atom. The van der Waals surface area contributed by atoms with Gasteiger partial charge in [0, 0.05) is 24.7 Å². The molecule has 0 fully saturated rings. The molecule has 0 saturated carbocycles. The Bertz CT molecular complexity index is 1020. The van der Waals surface area contributed by atoms with Gasteiger partial charge in [0.05, 0.1) is 25.2 Å². The number of carbonyl (C=O) groups excluding carboxylic acids is 1. The van der Waals surface area contributed by atoms with Gasteiger partial charge in [-0.2, -0.15) is 0 Å². The number of amides is 1. The number of anilines is 1. The number of carbonyl (C=O) groups is 1. The number of aryl methyl sites for hydroxylation is 2. The van der Waals surface area contributed by atoms with Crippen molar-refractivity contribution in [2.24, 2.45) is 7.05 Å². The maximum absolute atomic E-state index is 12.7. The first-order valence-electron chi connectivity index (χ1n) is 7.44. The van der Waals surface area contributed by atoms with Gasteiger partial charge >= 0.3 is 0 Å². The molecule has 25 heavy (non-hydrogen) atoms. The molecule has 8 nitrogen and oxygen atoms in total. The van der Waals surface area contributed by atoms with Crippen molar-refractivity contribution >= 4 is 22.5 Å². The van der Waals surface area contributed by atoms with Crippen LogP contribution in [-0.4, -0.2) is 29.9 Å². The number of hydrogen-bond donors (Lipinski definition) is 1. The zero-order valence-corrected chi connectivity index (χ0v) is 14.2. The van der Waals surface area contributed by atoms with Gasteiger partial charge in [-0.3, -0.25) is 9.59 Å². The number of nitrogens with one attached hydrogen (secondary N) is 1. The lowest BCUT2D eigenvalue weighted by Crippen LogP contribution is -2.21. The Kier molecular flexibility index (Phi) is 4.18. The third-order valence-electron chi connectivity index (χ3n) is 3.80. The van der Waals surface area contributed by atoms with Crippen LogP contribution >= 0.6 is 0 Å². The number of fused-ring (bicyclic) bond motifs is 1. The van der Waals surface area contributed by atoms with Crippen molar-refractivity contribution in [2.45, 2.75) is 6.92 Å². The maximum Gasteiger partial charge on any atom is 0.259 e. The van der Waals surface area contributed by atoms with E-state index in [9.17, 15) is 9.59 Å². The lowest BCUT2D eigenvalue weighted by atomic mass is 10.1. The molecule has 0 aliphatic rings. The molecule has 2 aromatic heterocycles. The Labute approximate surface area is 142 Å². The first-order valence-corrected chi connectivity index (χ1v) is 7.44. The van der Waals surface area contributed by atoms with Gasteiger partial charge in [0.2, 0.25) is 0 Å². The fraction of sp³-hybridized carbons (Fsp3) is 0.235. The average Bonchev–Trinajstić information content (AvgIpc) is 3.01. The molecule has 0 radical (unpaired) electrons. The number of hydrogen-bond acceptors (Lipinski definition) is 6. The second-order valence-corrected chi connectivity index (χ2v) is 5.49. The highest BCUT2D eigenvalue weighted by Crippen LogP contribution is 2.32. The molecule has 0 bridgehead atoms. The topological polar surface area (TPSA) is 95.6 Å². The summed E-state index contributed by atoms with van der Waals surface area (Å²) in [6.45, 7) is 1.72. The molecule has 0 spiro atoms. The van der Waals surface area contributed by atoms with E-state index in [-0.39, 0.29) is 5.56 Å². The van der Waals surface area contributed by atoms with Crippen LogP contribution in [-0.2, 0) is 7.05 Å². The molecule has 0 unspecified atom stereocenters. The van der Waals surface area contributed by atoms with E-state index in [0.717, 1.165) is 0 Å². The Morgan fingerprint density at radius 3 is 2.36 bits per heavy atom. The minimum absolute atomic E-state index is 0.246. The summed E-state index contributed by atoms with van der Waals surface area (Å²) in [4.78, 5) is 25.1. The zero-order chi connectivity index (χ0) is 18.1. The first kappa shape index (κ1) is 16.6. The average molecular weight is 343 g/mol. The molecule has 8 heteroatoms. The highest BCUT2D eigenvalue weighted by Gasteiger charge is 2.18. The van der Waals surface area contributed by atoms with Gasteiger partial charge in [-0.15, -0.1) is 0 Å². The summed E-state index contributed by atoms with van der Waals surface area (Å²) in [5.74, 6) is 1.30. The molecule has 3 aromatic rings. The lowest BCUT2D eigenvalue weighted by molar-refractivity contribution is 0.102. The van der Waals surface area contributed by atoms with E-state index in [2.05, 4.69) is 10.5 Å². The predicted octanol–water partition coefficient (Wildman–Crippen LogP) is 2.10. The van der Waals surface area contributed by atoms with E-state index >= 15 is 0 Å². The number of ether oxygens (including phenoxy) is 2. The molecule has 2 heterocycles. The van der Waals surface area contributed by atoms with Gasteiger partial charge in [0.1, 0.15) is 5.76 Å². The normalized spacial score (nSPS) is 10.7. The standard InChI is InChI=1S/C17H17N3O5/c1-9-5-15(19-25-9)18-16(21)12-8-20(2)17(22)11-7-14(24-4)13(23-3)6-10(11)12/h5-8H,1-4H3,(H,18,19,21). The molecule has 1 N–H and O–H groups in total. The van der Waals surface area contributed by atoms with Crippen LogP contribution in [0.25, 0.3) is 10.8 Å². The Balaban J connectivity index is 2.18. The summed E-state index contributed by atoms with van der Waals surface area (Å²) in [6.07, 6.45) is 1.47. The van der Waals surface area contributed by atoms with Crippen molar-refractivity contribution in [1.29, 1.82) is 0 Å². The van der Waals surface area contributed by atoms with Crippen LogP contribution in [0.2, 0.25) is 0 Å². The van der Waals surface area contributed by atoms with Crippen molar-refractivity contribution < 1.29 is 18.8 Å². The van der Waals surface area contributed by atoms with Crippen molar-refractivity contribution in [1.82, 2.24) is 9.72 Å². The molecule has 0 atom stereocenters. The second kappa shape index (κ2) is 6.31. The van der Waals surface area contributed by atoms with Gasteiger partial charge in [-0.05, 0) is 19.1 Å². The van der Waals surface area contributed by atoms with E-state index in [4.69, 9.17) is 14.0 Å². The van der Waals surface area contributed by atoms with Crippen LogP contribution in [0.1, 0.15) is 16.1 Å². The number of methoxy groups -OCH3 is 2. The van der Waals surface area contributed by atoms with Crippen molar-refractivity contribution in [3.05, 3.63) is 46.1 Å². The summed E-state index contributed by atoms with van der Waals surface area (Å²) in [5, 5.41) is 7.20. The van der Waals surface area contributed by atoms with Crippen molar-refractivity contribution in [2.75, 3.05) is 19.5 Å². The van der Waals surface area contributed by atoms with E-state index in [1.54, 1.807) is 32.2 Å². The van der Waals surface area contributed by atoms with E-state index in [1.165, 1.54) is 25.0 Å². The zero-order valence-electron chi connectivity index (χ0n) is 14.2. The fourth-order valence-corrected chi connectivity index (χ4v) is 2.58. The van der Waals surface area contributed by atoms with Gasteiger partial charge in [0.15, 0.2) is 17.3 Å². The molecular weight excluding hydrogens is 326 g/mol. The largest absolute Gasteiger partial charge is 0.493 e. The van der Waals surface area contributed by atoms with Crippen molar-refractivity contribution in [3.8, 4) is 11.5 Å². The maximum atomic E-state index is 12.7. The first-order chi connectivity index (χ1) is 11.9. The summed E-state index contributed by atoms with van der Waals surface area (Å²) in [6, 6.07) is 4.78. The van der Waals surface area contributed by atoms with E-state index in [0.29, 0.717) is 39.4 Å². The number of benzene rings is 1. The highest BCUT2D eigenvalue weighted by molar-refractivity contribution is 6.12. The molecule has 130 valence electrons. The number of nitrogens with zero attached hydrogens (tertiary/aromatic N) is 2. The van der Waals surface area contributed by atoms with E-state index < -0.39 is 5.91 Å². The fourth-order valence-electron chi connectivity index (χ4n) is 2.58. The molecular formula is C17H17N3O5. The van der Waals surface area contributed by atoms with Gasteiger partial charge in [0.25, 0.3) is 11.5 Å². The summed E-state index contributed by atoms with van der Waals surface area (Å²) in [5.41, 5.74) is 0.0588. The van der Waals surface area contributed by atoms with Crippen LogP contribution < -0.4 is 20.3 Å². The van der Waals surface area contributed by atoms with Crippen LogP contribution in [0.15, 0.2) is 33.7 Å². The highest BCUT2D eigenvalue weighted by atomic mass is 16.5. The summed E-state index contributed by atoms with van der Waals surface area (Å²) < 4.78 is 16.8. The number of rotatable bonds is 4. The van der Waals surface area contributed by atoms with Crippen LogP contribution in [0, 0.1) is 6.92 Å². The molecule has 0 aliphatic carbocycles. The number of aromatic nitrogens is 2. The Hall–Kier alpha value is -3.29. The monoisotopic (exact) mass is 343 g/mol. The molecule has 0 aliphatic heterocycles. The van der Waals surface area contributed by atoms with Gasteiger partial charge in [-0.1, -0.05) is 5.16 Å². The lowest BCUT2D eigenvalue weighted by Gasteiger charge is -2.13. The minimum atomic E-state index is -0.416. The third-order valence-corrected chi connectivity index (χ3v) is 3.80. The molecule has 1 amide bonds. The summed E-state index contributed by atoms with van der Waals surface area (Å²) in [7, 11) is 4.55. The quantitative estimate of drug-likeness (QED) is 0.779. The minimum Gasteiger partial charge on any atom is -0.493 e. The molecule has 0 saturated heterocycles. The van der Waals surface area contributed by atoms with E-state index in [1.807, 2.05) is 0 Å². The molecule has 1 aromatic carbocycles. The van der Waals surface area contributed by atoms with Crippen LogP contribution in [0.4, 0.5) is 5.82 Å². The van der Waals surface area contributed by atoms with Crippen LogP contribution in [0.5, 0.6) is 11.5 Å².